The van der Waals surface area contributed by atoms with Crippen molar-refractivity contribution < 1.29 is 18.3 Å². The highest BCUT2D eigenvalue weighted by Gasteiger charge is 2.33. The third-order valence-corrected chi connectivity index (χ3v) is 8.37. The van der Waals surface area contributed by atoms with Crippen molar-refractivity contribution in [2.75, 3.05) is 6.54 Å². The predicted octanol–water partition coefficient (Wildman–Crippen LogP) is 3.16. The Kier molecular flexibility index (Phi) is 6.93. The van der Waals surface area contributed by atoms with E-state index in [1.165, 1.54) is 10.4 Å². The summed E-state index contributed by atoms with van der Waals surface area (Å²) < 4.78 is 30.3. The van der Waals surface area contributed by atoms with E-state index >= 15 is 0 Å². The van der Waals surface area contributed by atoms with Crippen LogP contribution in [0.5, 0.6) is 0 Å². The van der Waals surface area contributed by atoms with Crippen LogP contribution < -0.4 is 5.32 Å². The number of carbonyl (C=O) groups excluding carboxylic acids is 1. The summed E-state index contributed by atoms with van der Waals surface area (Å²) in [5.74, 6) is -0.377. The molecule has 7 nitrogen and oxygen atoms in total. The van der Waals surface area contributed by atoms with Gasteiger partial charge < -0.3 is 15.0 Å². The number of aliphatic hydroxyl groups is 1. The highest BCUT2D eigenvalue weighted by Crippen LogP contribution is 2.29. The molecule has 8 heteroatoms. The molecule has 2 heterocycles. The smallest absolute Gasteiger partial charge is 0.268 e. The Morgan fingerprint density at radius 2 is 1.76 bits per heavy atom. The van der Waals surface area contributed by atoms with Crippen molar-refractivity contribution in [1.29, 1.82) is 0 Å². The topological polar surface area (TPSA) is 91.6 Å². The van der Waals surface area contributed by atoms with E-state index in [0.717, 1.165) is 22.3 Å². The largest absolute Gasteiger partial charge is 0.392 e. The van der Waals surface area contributed by atoms with Gasteiger partial charge in [-0.3, -0.25) is 4.79 Å². The maximum Gasteiger partial charge on any atom is 0.268 e. The fourth-order valence-corrected chi connectivity index (χ4v) is 6.12. The summed E-state index contributed by atoms with van der Waals surface area (Å²) in [5, 5.41) is 12.9. The first-order valence-corrected chi connectivity index (χ1v) is 12.9. The Labute approximate surface area is 201 Å². The summed E-state index contributed by atoms with van der Waals surface area (Å²) in [6.45, 7) is 6.41. The zero-order valence-electron chi connectivity index (χ0n) is 19.8. The SMILES string of the molecule is Cc1ccccc1CNC(=O)c1cc(S(=O)(=O)N2CCc3ccccc3C2)c(C)n1CC(C)O. The molecule has 0 bridgehead atoms. The number of amides is 1. The summed E-state index contributed by atoms with van der Waals surface area (Å²) in [7, 11) is -3.83. The second-order valence-corrected chi connectivity index (χ2v) is 10.8. The first-order chi connectivity index (χ1) is 16.2. The zero-order chi connectivity index (χ0) is 24.5. The average molecular weight is 482 g/mol. The van der Waals surface area contributed by atoms with Crippen molar-refractivity contribution >= 4 is 15.9 Å². The predicted molar refractivity (Wildman–Crippen MR) is 131 cm³/mol. The standard InChI is InChI=1S/C26H31N3O4S/c1-18-8-4-5-10-22(18)15-27-26(31)24-14-25(20(3)29(24)16-19(2)30)34(32,33)28-13-12-21-9-6-7-11-23(21)17-28/h4-11,14,19,30H,12-13,15-17H2,1-3H3,(H,27,31). The molecule has 0 aliphatic carbocycles. The summed E-state index contributed by atoms with van der Waals surface area (Å²) >= 11 is 0. The van der Waals surface area contributed by atoms with Gasteiger partial charge in [0, 0.05) is 31.9 Å². The van der Waals surface area contributed by atoms with Gasteiger partial charge in [-0.15, -0.1) is 0 Å². The number of hydrogen-bond acceptors (Lipinski definition) is 4. The normalized spacial score (nSPS) is 15.1. The number of aryl methyl sites for hydroxylation is 1. The molecule has 0 fully saturated rings. The van der Waals surface area contributed by atoms with Crippen molar-refractivity contribution in [1.82, 2.24) is 14.2 Å². The van der Waals surface area contributed by atoms with E-state index in [1.807, 2.05) is 55.5 Å². The molecule has 1 atom stereocenters. The molecule has 1 amide bonds. The first-order valence-electron chi connectivity index (χ1n) is 11.5. The van der Waals surface area contributed by atoms with Crippen molar-refractivity contribution in [3.63, 3.8) is 0 Å². The van der Waals surface area contributed by atoms with Crippen LogP contribution in [0.4, 0.5) is 0 Å². The molecule has 4 rings (SSSR count). The van der Waals surface area contributed by atoms with Gasteiger partial charge in [-0.25, -0.2) is 8.42 Å². The molecular formula is C26H31N3O4S. The van der Waals surface area contributed by atoms with Crippen molar-refractivity contribution in [2.45, 2.75) is 57.8 Å². The maximum atomic E-state index is 13.6. The van der Waals surface area contributed by atoms with E-state index in [4.69, 9.17) is 0 Å². The lowest BCUT2D eigenvalue weighted by atomic mass is 10.0. The van der Waals surface area contributed by atoms with Crippen LogP contribution in [0.25, 0.3) is 0 Å². The van der Waals surface area contributed by atoms with Gasteiger partial charge in [0.1, 0.15) is 10.6 Å². The molecule has 0 saturated heterocycles. The highest BCUT2D eigenvalue weighted by molar-refractivity contribution is 7.89. The summed E-state index contributed by atoms with van der Waals surface area (Å²) in [6.07, 6.45) is -0.0986. The number of benzene rings is 2. The van der Waals surface area contributed by atoms with Crippen LogP contribution in [0.2, 0.25) is 0 Å². The Hall–Kier alpha value is -2.94. The average Bonchev–Trinajstić information content (AvgIpc) is 3.14. The van der Waals surface area contributed by atoms with E-state index < -0.39 is 16.1 Å². The maximum absolute atomic E-state index is 13.6. The lowest BCUT2D eigenvalue weighted by Crippen LogP contribution is -2.36. The molecule has 3 aromatic rings. The summed E-state index contributed by atoms with van der Waals surface area (Å²) in [4.78, 5) is 13.2. The van der Waals surface area contributed by atoms with E-state index in [1.54, 1.807) is 18.4 Å². The first kappa shape index (κ1) is 24.2. The Morgan fingerprint density at radius 3 is 2.47 bits per heavy atom. The zero-order valence-corrected chi connectivity index (χ0v) is 20.6. The molecule has 1 unspecified atom stereocenters. The van der Waals surface area contributed by atoms with Crippen LogP contribution in [0.1, 0.15) is 45.4 Å². The van der Waals surface area contributed by atoms with Gasteiger partial charge in [0.15, 0.2) is 0 Å². The van der Waals surface area contributed by atoms with Crippen molar-refractivity contribution in [3.8, 4) is 0 Å². The van der Waals surface area contributed by atoms with E-state index in [2.05, 4.69) is 5.32 Å². The number of sulfonamides is 1. The monoisotopic (exact) mass is 481 g/mol. The van der Waals surface area contributed by atoms with Crippen LogP contribution in [0, 0.1) is 13.8 Å². The van der Waals surface area contributed by atoms with Crippen LogP contribution in [-0.2, 0) is 36.1 Å². The number of nitrogens with zero attached hydrogens (tertiary/aromatic N) is 2. The number of aliphatic hydroxyl groups excluding tert-OH is 1. The van der Waals surface area contributed by atoms with E-state index in [9.17, 15) is 18.3 Å². The molecule has 180 valence electrons. The minimum absolute atomic E-state index is 0.105. The van der Waals surface area contributed by atoms with Gasteiger partial charge in [0.25, 0.3) is 5.91 Å². The quantitative estimate of drug-likeness (QED) is 0.542. The lowest BCUT2D eigenvalue weighted by Gasteiger charge is -2.28. The Bertz CT molecular complexity index is 1310. The minimum Gasteiger partial charge on any atom is -0.392 e. The van der Waals surface area contributed by atoms with Gasteiger partial charge in [0.2, 0.25) is 10.0 Å². The molecule has 0 spiro atoms. The lowest BCUT2D eigenvalue weighted by molar-refractivity contribution is 0.0936. The number of fused-ring (bicyclic) bond motifs is 1. The minimum atomic E-state index is -3.83. The molecule has 2 aromatic carbocycles. The fourth-order valence-electron chi connectivity index (χ4n) is 4.46. The van der Waals surface area contributed by atoms with Crippen LogP contribution in [-0.4, -0.2) is 41.0 Å². The Morgan fingerprint density at radius 1 is 1.09 bits per heavy atom. The number of aromatic nitrogens is 1. The molecule has 0 saturated carbocycles. The number of nitrogens with one attached hydrogen (secondary N) is 1. The molecule has 1 aliphatic rings. The van der Waals surface area contributed by atoms with Crippen LogP contribution in [0.15, 0.2) is 59.5 Å². The fraction of sp³-hybridized carbons (Fsp3) is 0.346. The van der Waals surface area contributed by atoms with Crippen molar-refractivity contribution in [2.24, 2.45) is 0 Å². The van der Waals surface area contributed by atoms with Gasteiger partial charge in [-0.2, -0.15) is 4.31 Å². The van der Waals surface area contributed by atoms with Crippen LogP contribution >= 0.6 is 0 Å². The molecule has 1 aromatic heterocycles. The molecule has 0 radical (unpaired) electrons. The molecular weight excluding hydrogens is 450 g/mol. The molecule has 34 heavy (non-hydrogen) atoms. The van der Waals surface area contributed by atoms with Gasteiger partial charge in [-0.05, 0) is 55.5 Å². The molecule has 1 aliphatic heterocycles. The highest BCUT2D eigenvalue weighted by atomic mass is 32.2. The third-order valence-electron chi connectivity index (χ3n) is 6.41. The second kappa shape index (κ2) is 9.74. The number of carbonyl (C=O) groups is 1. The van der Waals surface area contributed by atoms with Gasteiger partial charge >= 0.3 is 0 Å². The number of hydrogen-bond donors (Lipinski definition) is 2. The van der Waals surface area contributed by atoms with Gasteiger partial charge in [-0.1, -0.05) is 48.5 Å². The summed E-state index contributed by atoms with van der Waals surface area (Å²) in [6, 6.07) is 17.1. The Balaban J connectivity index is 1.64. The molecule has 2 N–H and O–H groups in total. The van der Waals surface area contributed by atoms with Crippen LogP contribution in [0.3, 0.4) is 0 Å². The second-order valence-electron chi connectivity index (χ2n) is 8.91. The van der Waals surface area contributed by atoms with E-state index in [0.29, 0.717) is 31.7 Å². The third kappa shape index (κ3) is 4.80. The number of rotatable bonds is 7. The summed E-state index contributed by atoms with van der Waals surface area (Å²) in [5.41, 5.74) is 4.87. The van der Waals surface area contributed by atoms with Crippen molar-refractivity contribution in [3.05, 3.63) is 88.2 Å². The van der Waals surface area contributed by atoms with E-state index in [-0.39, 0.29) is 23.0 Å². The van der Waals surface area contributed by atoms with Gasteiger partial charge in [0.05, 0.1) is 6.10 Å².